The van der Waals surface area contributed by atoms with Crippen molar-refractivity contribution >= 4 is 0 Å². The molecule has 0 amide bonds. The van der Waals surface area contributed by atoms with Gasteiger partial charge in [-0.15, -0.1) is 0 Å². The normalized spacial score (nSPS) is 20.6. The van der Waals surface area contributed by atoms with Gasteiger partial charge < -0.3 is 5.32 Å². The summed E-state index contributed by atoms with van der Waals surface area (Å²) in [6.45, 7) is 10.5. The molecular formula is C15H31N. The second-order valence-corrected chi connectivity index (χ2v) is 6.53. The minimum atomic E-state index is 0.632. The number of rotatable bonds is 6. The monoisotopic (exact) mass is 225 g/mol. The summed E-state index contributed by atoms with van der Waals surface area (Å²) in [5.74, 6) is 0.859. The van der Waals surface area contributed by atoms with Crippen LogP contribution in [-0.4, -0.2) is 12.6 Å². The summed E-state index contributed by atoms with van der Waals surface area (Å²) in [5, 5.41) is 3.68. The van der Waals surface area contributed by atoms with Crippen LogP contribution >= 0.6 is 0 Å². The van der Waals surface area contributed by atoms with Crippen molar-refractivity contribution in [3.05, 3.63) is 0 Å². The average molecular weight is 225 g/mol. The van der Waals surface area contributed by atoms with Gasteiger partial charge in [0.15, 0.2) is 0 Å². The molecular weight excluding hydrogens is 194 g/mol. The molecule has 0 aromatic rings. The van der Waals surface area contributed by atoms with Gasteiger partial charge in [-0.25, -0.2) is 0 Å². The van der Waals surface area contributed by atoms with Crippen molar-refractivity contribution < 1.29 is 0 Å². The highest BCUT2D eigenvalue weighted by molar-refractivity contribution is 4.85. The summed E-state index contributed by atoms with van der Waals surface area (Å²) in [6, 6.07) is 0.637. The van der Waals surface area contributed by atoms with Crippen LogP contribution in [-0.2, 0) is 0 Å². The summed E-state index contributed by atoms with van der Waals surface area (Å²) in [5.41, 5.74) is 0.632. The van der Waals surface area contributed by atoms with E-state index in [9.17, 15) is 0 Å². The van der Waals surface area contributed by atoms with Gasteiger partial charge >= 0.3 is 0 Å². The van der Waals surface area contributed by atoms with Crippen LogP contribution in [0.1, 0.15) is 72.6 Å². The molecule has 0 aromatic carbocycles. The molecule has 96 valence electrons. The zero-order valence-electron chi connectivity index (χ0n) is 11.8. The Kier molecular flexibility index (Phi) is 5.82. The Hall–Kier alpha value is -0.0400. The predicted molar refractivity (Wildman–Crippen MR) is 72.7 cm³/mol. The second kappa shape index (κ2) is 6.64. The van der Waals surface area contributed by atoms with Crippen LogP contribution < -0.4 is 5.32 Å². The van der Waals surface area contributed by atoms with E-state index in [2.05, 4.69) is 33.0 Å². The molecule has 1 aliphatic rings. The molecule has 1 nitrogen and oxygen atoms in total. The Morgan fingerprint density at radius 2 is 1.62 bits per heavy atom. The number of hydrogen-bond acceptors (Lipinski definition) is 1. The van der Waals surface area contributed by atoms with Crippen molar-refractivity contribution in [2.75, 3.05) is 6.54 Å². The predicted octanol–water partition coefficient (Wildman–Crippen LogP) is 4.37. The fraction of sp³-hybridized carbons (Fsp3) is 1.00. The zero-order valence-corrected chi connectivity index (χ0v) is 11.8. The lowest BCUT2D eigenvalue weighted by Gasteiger charge is -2.39. The Labute approximate surface area is 102 Å². The highest BCUT2D eigenvalue weighted by atomic mass is 14.9. The van der Waals surface area contributed by atoms with Crippen molar-refractivity contribution in [2.24, 2.45) is 11.3 Å². The molecule has 0 radical (unpaired) electrons. The maximum atomic E-state index is 3.68. The molecule has 1 saturated carbocycles. The van der Waals surface area contributed by atoms with Gasteiger partial charge in [0.1, 0.15) is 0 Å². The molecule has 1 fully saturated rings. The molecule has 0 saturated heterocycles. The highest BCUT2D eigenvalue weighted by Gasteiger charge is 2.31. The maximum Gasteiger partial charge on any atom is 0.00106 e. The van der Waals surface area contributed by atoms with Crippen molar-refractivity contribution in [1.82, 2.24) is 5.32 Å². The first-order valence-electron chi connectivity index (χ1n) is 7.27. The van der Waals surface area contributed by atoms with E-state index in [4.69, 9.17) is 0 Å². The second-order valence-electron chi connectivity index (χ2n) is 6.53. The molecule has 1 rings (SSSR count). The largest absolute Gasteiger partial charge is 0.314 e. The summed E-state index contributed by atoms with van der Waals surface area (Å²) >= 11 is 0. The Balaban J connectivity index is 2.45. The molecule has 0 aromatic heterocycles. The van der Waals surface area contributed by atoms with Crippen LogP contribution in [0.15, 0.2) is 0 Å². The smallest absolute Gasteiger partial charge is 0.00106 e. The Morgan fingerprint density at radius 1 is 1.00 bits per heavy atom. The van der Waals surface area contributed by atoms with Crippen molar-refractivity contribution in [3.63, 3.8) is 0 Å². The molecule has 0 spiro atoms. The van der Waals surface area contributed by atoms with E-state index in [0.29, 0.717) is 11.5 Å². The first kappa shape index (κ1) is 14.0. The van der Waals surface area contributed by atoms with Crippen molar-refractivity contribution in [1.29, 1.82) is 0 Å². The van der Waals surface area contributed by atoms with E-state index in [-0.39, 0.29) is 0 Å². The van der Waals surface area contributed by atoms with Gasteiger partial charge in [-0.3, -0.25) is 0 Å². The fourth-order valence-electron chi connectivity index (χ4n) is 2.83. The summed E-state index contributed by atoms with van der Waals surface area (Å²) < 4.78 is 0. The topological polar surface area (TPSA) is 12.0 Å². The maximum absolute atomic E-state index is 3.68. The van der Waals surface area contributed by atoms with E-state index in [1.165, 1.54) is 51.5 Å². The van der Waals surface area contributed by atoms with Gasteiger partial charge in [0.2, 0.25) is 0 Å². The number of nitrogens with one attached hydrogen (secondary N) is 1. The quantitative estimate of drug-likeness (QED) is 0.708. The van der Waals surface area contributed by atoms with E-state index < -0.39 is 0 Å². The molecule has 0 bridgehead atoms. The van der Waals surface area contributed by atoms with Crippen LogP contribution in [0.4, 0.5) is 0 Å². The van der Waals surface area contributed by atoms with Gasteiger partial charge in [0, 0.05) is 12.6 Å². The SMILES string of the molecule is CC(C)CCC1(CNC(C)C)CCCCC1. The van der Waals surface area contributed by atoms with Gasteiger partial charge in [0.05, 0.1) is 0 Å². The molecule has 16 heavy (non-hydrogen) atoms. The summed E-state index contributed by atoms with van der Waals surface area (Å²) in [7, 11) is 0. The third kappa shape index (κ3) is 4.86. The van der Waals surface area contributed by atoms with Crippen LogP contribution in [0.2, 0.25) is 0 Å². The van der Waals surface area contributed by atoms with Crippen molar-refractivity contribution in [2.45, 2.75) is 78.7 Å². The summed E-state index contributed by atoms with van der Waals surface area (Å²) in [4.78, 5) is 0. The Bertz CT molecular complexity index is 164. The molecule has 0 aliphatic heterocycles. The molecule has 0 heterocycles. The Morgan fingerprint density at radius 3 is 2.12 bits per heavy atom. The third-order valence-corrected chi connectivity index (χ3v) is 4.05. The third-order valence-electron chi connectivity index (χ3n) is 4.05. The minimum Gasteiger partial charge on any atom is -0.314 e. The zero-order chi connectivity index (χ0) is 12.0. The van der Waals surface area contributed by atoms with Gasteiger partial charge in [-0.05, 0) is 30.6 Å². The van der Waals surface area contributed by atoms with Crippen LogP contribution in [0.25, 0.3) is 0 Å². The van der Waals surface area contributed by atoms with Gasteiger partial charge in [-0.1, -0.05) is 53.4 Å². The standard InChI is InChI=1S/C15H31N/c1-13(2)8-11-15(12-16-14(3)4)9-6-5-7-10-15/h13-14,16H,5-12H2,1-4H3. The summed E-state index contributed by atoms with van der Waals surface area (Å²) in [6.07, 6.45) is 10.1. The first-order chi connectivity index (χ1) is 7.54. The molecule has 1 N–H and O–H groups in total. The van der Waals surface area contributed by atoms with E-state index in [0.717, 1.165) is 5.92 Å². The highest BCUT2D eigenvalue weighted by Crippen LogP contribution is 2.40. The van der Waals surface area contributed by atoms with Crippen LogP contribution in [0, 0.1) is 11.3 Å². The van der Waals surface area contributed by atoms with Crippen LogP contribution in [0.3, 0.4) is 0 Å². The molecule has 1 heteroatoms. The lowest BCUT2D eigenvalue weighted by molar-refractivity contribution is 0.152. The number of hydrogen-bond donors (Lipinski definition) is 1. The molecule has 1 aliphatic carbocycles. The average Bonchev–Trinajstić information content (AvgIpc) is 2.25. The molecule has 0 unspecified atom stereocenters. The van der Waals surface area contributed by atoms with E-state index in [1.54, 1.807) is 0 Å². The lowest BCUT2D eigenvalue weighted by Crippen LogP contribution is -2.39. The lowest BCUT2D eigenvalue weighted by atomic mass is 9.70. The molecule has 0 atom stereocenters. The minimum absolute atomic E-state index is 0.632. The van der Waals surface area contributed by atoms with Gasteiger partial charge in [0.25, 0.3) is 0 Å². The van der Waals surface area contributed by atoms with Crippen LogP contribution in [0.5, 0.6) is 0 Å². The van der Waals surface area contributed by atoms with Gasteiger partial charge in [-0.2, -0.15) is 0 Å². The first-order valence-corrected chi connectivity index (χ1v) is 7.27. The van der Waals surface area contributed by atoms with E-state index in [1.807, 2.05) is 0 Å². The van der Waals surface area contributed by atoms with Crippen molar-refractivity contribution in [3.8, 4) is 0 Å². The fourth-order valence-corrected chi connectivity index (χ4v) is 2.83. The van der Waals surface area contributed by atoms with E-state index >= 15 is 0 Å².